The van der Waals surface area contributed by atoms with Gasteiger partial charge >= 0.3 is 5.97 Å². The fourth-order valence-electron chi connectivity index (χ4n) is 2.71. The van der Waals surface area contributed by atoms with E-state index >= 15 is 0 Å². The number of carboxylic acids is 1. The van der Waals surface area contributed by atoms with E-state index < -0.39 is 72.0 Å². The monoisotopic (exact) mass is 519 g/mol. The molecule has 4 unspecified atom stereocenters. The van der Waals surface area contributed by atoms with Crippen molar-refractivity contribution in [3.63, 3.8) is 0 Å². The molecule has 35 heavy (non-hydrogen) atoms. The second kappa shape index (κ2) is 16.3. The van der Waals surface area contributed by atoms with Crippen molar-refractivity contribution in [2.24, 2.45) is 22.9 Å². The molecule has 0 aliphatic carbocycles. The predicted octanol–water partition coefficient (Wildman–Crippen LogP) is -3.99. The maximum Gasteiger partial charge on any atom is 0.326 e. The third kappa shape index (κ3) is 13.8. The summed E-state index contributed by atoms with van der Waals surface area (Å²) in [6, 6.07) is -5.37. The summed E-state index contributed by atoms with van der Waals surface area (Å²) in [7, 11) is 0. The van der Waals surface area contributed by atoms with Gasteiger partial charge in [0, 0.05) is 12.8 Å². The summed E-state index contributed by atoms with van der Waals surface area (Å²) in [5, 5.41) is 16.2. The van der Waals surface area contributed by atoms with Crippen LogP contribution in [0.25, 0.3) is 0 Å². The first-order valence-electron chi connectivity index (χ1n) is 10.5. The molecular weight excluding hydrogens is 486 g/mol. The highest BCUT2D eigenvalue weighted by atomic mass is 32.2. The molecule has 15 nitrogen and oxygen atoms in total. The second-order valence-corrected chi connectivity index (χ2v) is 8.58. The van der Waals surface area contributed by atoms with E-state index in [1.54, 1.807) is 6.26 Å². The molecule has 16 heteroatoms. The number of hydrogen-bond acceptors (Lipinski definition) is 9. The number of amides is 6. The topological polar surface area (TPSA) is 280 Å². The normalized spacial score (nSPS) is 14.0. The maximum atomic E-state index is 12.8. The lowest BCUT2D eigenvalue weighted by Gasteiger charge is -2.24. The van der Waals surface area contributed by atoms with Gasteiger partial charge in [-0.25, -0.2) is 4.79 Å². The smallest absolute Gasteiger partial charge is 0.326 e. The van der Waals surface area contributed by atoms with E-state index in [1.165, 1.54) is 11.8 Å². The van der Waals surface area contributed by atoms with Crippen LogP contribution in [0.15, 0.2) is 0 Å². The van der Waals surface area contributed by atoms with Crippen LogP contribution in [0.2, 0.25) is 0 Å². The standard InChI is InChI=1S/C19H33N7O8S/c1-35-7-6-10(17(31)25-11(19(33)34)3-5-14(22)28)24-18(32)12(8-15(23)29)26-16(30)9(20)2-4-13(21)27/h9-12H,2-8,20H2,1H3,(H2,21,27)(H2,22,28)(H2,23,29)(H,24,32)(H,25,31)(H,26,30)(H,33,34). The van der Waals surface area contributed by atoms with Crippen LogP contribution in [0, 0.1) is 0 Å². The van der Waals surface area contributed by atoms with Crippen molar-refractivity contribution in [1.29, 1.82) is 0 Å². The van der Waals surface area contributed by atoms with Crippen molar-refractivity contribution >= 4 is 53.2 Å². The van der Waals surface area contributed by atoms with Gasteiger partial charge in [0.1, 0.15) is 18.1 Å². The number of nitrogens with one attached hydrogen (secondary N) is 3. The van der Waals surface area contributed by atoms with Crippen LogP contribution >= 0.6 is 11.8 Å². The Labute approximate surface area is 205 Å². The van der Waals surface area contributed by atoms with Crippen molar-refractivity contribution in [3.05, 3.63) is 0 Å². The quantitative estimate of drug-likeness (QED) is 0.0868. The number of rotatable bonds is 18. The molecule has 4 atom stereocenters. The number of carboxylic acid groups (broad SMARTS) is 1. The average molecular weight is 520 g/mol. The Morgan fingerprint density at radius 3 is 1.69 bits per heavy atom. The van der Waals surface area contributed by atoms with Crippen molar-refractivity contribution in [3.8, 4) is 0 Å². The van der Waals surface area contributed by atoms with Crippen molar-refractivity contribution < 1.29 is 38.7 Å². The van der Waals surface area contributed by atoms with Gasteiger partial charge in [-0.3, -0.25) is 28.8 Å². The van der Waals surface area contributed by atoms with E-state index in [0.717, 1.165) is 0 Å². The van der Waals surface area contributed by atoms with E-state index in [-0.39, 0.29) is 32.1 Å². The van der Waals surface area contributed by atoms with Crippen LogP contribution in [-0.2, 0) is 33.6 Å². The SMILES string of the molecule is CSCCC(NC(=O)C(CC(N)=O)NC(=O)C(N)CCC(N)=O)C(=O)NC(CCC(N)=O)C(=O)O. The first-order valence-corrected chi connectivity index (χ1v) is 11.9. The lowest BCUT2D eigenvalue weighted by atomic mass is 10.1. The third-order valence-electron chi connectivity index (χ3n) is 4.61. The molecule has 0 aromatic carbocycles. The predicted molar refractivity (Wildman–Crippen MR) is 125 cm³/mol. The fourth-order valence-corrected chi connectivity index (χ4v) is 3.18. The Morgan fingerprint density at radius 1 is 0.714 bits per heavy atom. The van der Waals surface area contributed by atoms with Gasteiger partial charge in [0.25, 0.3) is 0 Å². The molecule has 12 N–H and O–H groups in total. The molecule has 0 bridgehead atoms. The molecule has 0 rings (SSSR count). The number of carbonyl (C=O) groups is 7. The molecule has 0 aliphatic heterocycles. The minimum Gasteiger partial charge on any atom is -0.480 e. The van der Waals surface area contributed by atoms with E-state index in [1.807, 2.05) is 0 Å². The lowest BCUT2D eigenvalue weighted by Crippen LogP contribution is -2.57. The number of hydrogen-bond donors (Lipinski definition) is 8. The largest absolute Gasteiger partial charge is 0.480 e. The molecule has 0 saturated carbocycles. The zero-order chi connectivity index (χ0) is 27.1. The minimum atomic E-state index is -1.49. The molecule has 6 amide bonds. The molecule has 198 valence electrons. The Hall–Kier alpha value is -3.40. The van der Waals surface area contributed by atoms with E-state index in [2.05, 4.69) is 16.0 Å². The van der Waals surface area contributed by atoms with Crippen LogP contribution < -0.4 is 38.9 Å². The van der Waals surface area contributed by atoms with Crippen LogP contribution in [0.4, 0.5) is 0 Å². The number of carbonyl (C=O) groups excluding carboxylic acids is 6. The zero-order valence-electron chi connectivity index (χ0n) is 19.3. The molecular formula is C19H33N7O8S. The lowest BCUT2D eigenvalue weighted by molar-refractivity contribution is -0.142. The zero-order valence-corrected chi connectivity index (χ0v) is 20.1. The van der Waals surface area contributed by atoms with Gasteiger partial charge in [0.2, 0.25) is 35.4 Å². The summed E-state index contributed by atoms with van der Waals surface area (Å²) in [5.41, 5.74) is 20.9. The fraction of sp³-hybridized carbons (Fsp3) is 0.632. The third-order valence-corrected chi connectivity index (χ3v) is 5.26. The molecule has 0 saturated heterocycles. The van der Waals surface area contributed by atoms with Gasteiger partial charge < -0.3 is 44.0 Å². The molecule has 0 spiro atoms. The van der Waals surface area contributed by atoms with Crippen LogP contribution in [-0.4, -0.2) is 82.7 Å². The summed E-state index contributed by atoms with van der Waals surface area (Å²) in [4.78, 5) is 82.5. The van der Waals surface area contributed by atoms with Gasteiger partial charge in [-0.2, -0.15) is 11.8 Å². The summed E-state index contributed by atoms with van der Waals surface area (Å²) in [5.74, 6) is -6.03. The summed E-state index contributed by atoms with van der Waals surface area (Å²) in [6.07, 6.45) is 0.368. The van der Waals surface area contributed by atoms with Gasteiger partial charge in [-0.1, -0.05) is 0 Å². The van der Waals surface area contributed by atoms with Crippen LogP contribution in [0.1, 0.15) is 38.5 Å². The molecule has 0 radical (unpaired) electrons. The Kier molecular flexibility index (Phi) is 14.7. The van der Waals surface area contributed by atoms with Crippen LogP contribution in [0.3, 0.4) is 0 Å². The number of primary amides is 3. The molecule has 0 aromatic rings. The van der Waals surface area contributed by atoms with Gasteiger partial charge in [0.15, 0.2) is 0 Å². The van der Waals surface area contributed by atoms with Crippen molar-refractivity contribution in [2.75, 3.05) is 12.0 Å². The molecule has 0 heterocycles. The van der Waals surface area contributed by atoms with Crippen molar-refractivity contribution in [2.45, 2.75) is 62.7 Å². The first kappa shape index (κ1) is 31.6. The van der Waals surface area contributed by atoms with Gasteiger partial charge in [-0.05, 0) is 31.3 Å². The van der Waals surface area contributed by atoms with Gasteiger partial charge in [0.05, 0.1) is 12.5 Å². The highest BCUT2D eigenvalue weighted by molar-refractivity contribution is 7.98. The summed E-state index contributed by atoms with van der Waals surface area (Å²) < 4.78 is 0. The van der Waals surface area contributed by atoms with E-state index in [9.17, 15) is 38.7 Å². The van der Waals surface area contributed by atoms with E-state index in [4.69, 9.17) is 22.9 Å². The number of nitrogens with two attached hydrogens (primary N) is 4. The summed E-state index contributed by atoms with van der Waals surface area (Å²) >= 11 is 1.35. The first-order chi connectivity index (χ1) is 16.3. The molecule has 0 fully saturated rings. The highest BCUT2D eigenvalue weighted by Crippen LogP contribution is 2.06. The average Bonchev–Trinajstić information content (AvgIpc) is 2.75. The molecule has 0 aromatic heterocycles. The number of aliphatic carboxylic acids is 1. The Morgan fingerprint density at radius 2 is 1.20 bits per heavy atom. The number of thioether (sulfide) groups is 1. The Balaban J connectivity index is 5.46. The highest BCUT2D eigenvalue weighted by Gasteiger charge is 2.31. The van der Waals surface area contributed by atoms with Crippen LogP contribution in [0.5, 0.6) is 0 Å². The van der Waals surface area contributed by atoms with E-state index in [0.29, 0.717) is 5.75 Å². The Bertz CT molecular complexity index is 810. The van der Waals surface area contributed by atoms with Gasteiger partial charge in [-0.15, -0.1) is 0 Å². The summed E-state index contributed by atoms with van der Waals surface area (Å²) in [6.45, 7) is 0. The second-order valence-electron chi connectivity index (χ2n) is 7.59. The van der Waals surface area contributed by atoms with Crippen molar-refractivity contribution in [1.82, 2.24) is 16.0 Å². The minimum absolute atomic E-state index is 0.0796. The molecule has 0 aliphatic rings. The maximum absolute atomic E-state index is 12.8.